The van der Waals surface area contributed by atoms with Crippen LogP contribution in [0.25, 0.3) is 0 Å². The van der Waals surface area contributed by atoms with Gasteiger partial charge in [-0.05, 0) is 37.0 Å². The number of guanidine groups is 1. The molecule has 5 nitrogen and oxygen atoms in total. The van der Waals surface area contributed by atoms with Crippen molar-refractivity contribution in [3.63, 3.8) is 0 Å². The van der Waals surface area contributed by atoms with Crippen LogP contribution in [0.2, 0.25) is 0 Å². The van der Waals surface area contributed by atoms with Gasteiger partial charge in [0.15, 0.2) is 5.96 Å². The Labute approximate surface area is 132 Å². The Balaban J connectivity index is 1.82. The van der Waals surface area contributed by atoms with Crippen molar-refractivity contribution in [3.05, 3.63) is 29.8 Å². The summed E-state index contributed by atoms with van der Waals surface area (Å²) in [5.41, 5.74) is 8.12. The number of carbonyl (C=O) groups excluding carboxylic acids is 1. The van der Waals surface area contributed by atoms with Crippen LogP contribution >= 0.6 is 0 Å². The largest absolute Gasteiger partial charge is 0.370 e. The average Bonchev–Trinajstić information content (AvgIpc) is 2.72. The van der Waals surface area contributed by atoms with E-state index in [-0.39, 0.29) is 5.91 Å². The van der Waals surface area contributed by atoms with Gasteiger partial charge < -0.3 is 16.0 Å². The Morgan fingerprint density at radius 2 is 2.23 bits per heavy atom. The molecule has 1 aliphatic rings. The molecule has 5 heteroatoms. The molecule has 0 spiro atoms. The first-order valence-corrected chi connectivity index (χ1v) is 8.12. The summed E-state index contributed by atoms with van der Waals surface area (Å²) in [6.07, 6.45) is 4.90. The standard InChI is InChI=1S/C17H26N4O/c1-2-14-7-6-8-15(13-14)20-17(18)19-10-12-21-11-5-3-4-9-16(21)22/h6-8,13H,2-5,9-12H2,1H3,(H3,18,19,20). The van der Waals surface area contributed by atoms with E-state index in [1.807, 2.05) is 17.0 Å². The summed E-state index contributed by atoms with van der Waals surface area (Å²) >= 11 is 0. The van der Waals surface area contributed by atoms with E-state index in [2.05, 4.69) is 29.4 Å². The second-order valence-corrected chi connectivity index (χ2v) is 5.64. The number of aliphatic imine (C=N–C) groups is 1. The molecule has 0 unspecified atom stereocenters. The number of hydrogen-bond donors (Lipinski definition) is 2. The van der Waals surface area contributed by atoms with Gasteiger partial charge in [-0.3, -0.25) is 9.79 Å². The molecule has 0 atom stereocenters. The van der Waals surface area contributed by atoms with Gasteiger partial charge in [0, 0.05) is 25.2 Å². The lowest BCUT2D eigenvalue weighted by atomic mass is 10.1. The molecular formula is C17H26N4O. The summed E-state index contributed by atoms with van der Waals surface area (Å²) < 4.78 is 0. The molecule has 1 aromatic rings. The van der Waals surface area contributed by atoms with Crippen molar-refractivity contribution >= 4 is 17.6 Å². The Morgan fingerprint density at radius 3 is 3.05 bits per heavy atom. The number of anilines is 1. The van der Waals surface area contributed by atoms with Crippen LogP contribution < -0.4 is 11.1 Å². The maximum atomic E-state index is 11.9. The lowest BCUT2D eigenvalue weighted by Crippen LogP contribution is -2.33. The number of likely N-dealkylation sites (tertiary alicyclic amines) is 1. The van der Waals surface area contributed by atoms with E-state index in [0.717, 1.165) is 37.9 Å². The SMILES string of the molecule is CCc1cccc(NC(N)=NCCN2CCCCCC2=O)c1. The Hall–Kier alpha value is -2.04. The second kappa shape index (κ2) is 8.41. The van der Waals surface area contributed by atoms with Gasteiger partial charge in [-0.2, -0.15) is 0 Å². The van der Waals surface area contributed by atoms with E-state index < -0.39 is 0 Å². The summed E-state index contributed by atoms with van der Waals surface area (Å²) in [4.78, 5) is 18.1. The normalized spacial score (nSPS) is 16.5. The number of hydrogen-bond acceptors (Lipinski definition) is 2. The van der Waals surface area contributed by atoms with Crippen LogP contribution in [-0.2, 0) is 11.2 Å². The maximum Gasteiger partial charge on any atom is 0.222 e. The fourth-order valence-electron chi connectivity index (χ4n) is 2.62. The smallest absolute Gasteiger partial charge is 0.222 e. The Morgan fingerprint density at radius 1 is 1.36 bits per heavy atom. The van der Waals surface area contributed by atoms with Crippen molar-refractivity contribution in [1.82, 2.24) is 4.90 Å². The van der Waals surface area contributed by atoms with Crippen molar-refractivity contribution < 1.29 is 4.79 Å². The van der Waals surface area contributed by atoms with Gasteiger partial charge in [-0.25, -0.2) is 0 Å². The van der Waals surface area contributed by atoms with E-state index in [4.69, 9.17) is 5.73 Å². The third kappa shape index (κ3) is 5.06. The number of rotatable bonds is 5. The third-order valence-electron chi connectivity index (χ3n) is 3.93. The maximum absolute atomic E-state index is 11.9. The number of carbonyl (C=O) groups is 1. The van der Waals surface area contributed by atoms with Crippen molar-refractivity contribution in [1.29, 1.82) is 0 Å². The molecule has 120 valence electrons. The minimum Gasteiger partial charge on any atom is -0.370 e. The van der Waals surface area contributed by atoms with Gasteiger partial charge in [0.05, 0.1) is 6.54 Å². The third-order valence-corrected chi connectivity index (χ3v) is 3.93. The molecule has 3 N–H and O–H groups in total. The van der Waals surface area contributed by atoms with E-state index in [1.165, 1.54) is 5.56 Å². The zero-order chi connectivity index (χ0) is 15.8. The summed E-state index contributed by atoms with van der Waals surface area (Å²) in [6, 6.07) is 8.13. The van der Waals surface area contributed by atoms with E-state index >= 15 is 0 Å². The van der Waals surface area contributed by atoms with Crippen LogP contribution in [-0.4, -0.2) is 36.4 Å². The van der Waals surface area contributed by atoms with Crippen LogP contribution in [0.4, 0.5) is 5.69 Å². The number of benzene rings is 1. The van der Waals surface area contributed by atoms with Crippen LogP contribution in [0.3, 0.4) is 0 Å². The molecule has 0 aromatic heterocycles. The number of nitrogens with zero attached hydrogens (tertiary/aromatic N) is 2. The highest BCUT2D eigenvalue weighted by Gasteiger charge is 2.15. The monoisotopic (exact) mass is 302 g/mol. The molecule has 0 bridgehead atoms. The highest BCUT2D eigenvalue weighted by Crippen LogP contribution is 2.11. The first-order chi connectivity index (χ1) is 10.7. The van der Waals surface area contributed by atoms with E-state index in [9.17, 15) is 4.79 Å². The molecule has 22 heavy (non-hydrogen) atoms. The van der Waals surface area contributed by atoms with Crippen molar-refractivity contribution in [2.75, 3.05) is 25.0 Å². The number of amides is 1. The Bertz CT molecular complexity index is 527. The summed E-state index contributed by atoms with van der Waals surface area (Å²) in [7, 11) is 0. The summed E-state index contributed by atoms with van der Waals surface area (Å²) in [5, 5.41) is 3.10. The van der Waals surface area contributed by atoms with Gasteiger partial charge in [0.1, 0.15) is 0 Å². The minimum absolute atomic E-state index is 0.245. The van der Waals surface area contributed by atoms with Crippen LogP contribution in [0.1, 0.15) is 38.2 Å². The molecule has 1 fully saturated rings. The first kappa shape index (κ1) is 16.3. The molecule has 0 aliphatic carbocycles. The van der Waals surface area contributed by atoms with Gasteiger partial charge >= 0.3 is 0 Å². The molecule has 0 saturated carbocycles. The quantitative estimate of drug-likeness (QED) is 0.648. The molecule has 1 saturated heterocycles. The first-order valence-electron chi connectivity index (χ1n) is 8.12. The zero-order valence-corrected chi connectivity index (χ0v) is 13.3. The van der Waals surface area contributed by atoms with Crippen LogP contribution in [0.5, 0.6) is 0 Å². The Kier molecular flexibility index (Phi) is 6.25. The average molecular weight is 302 g/mol. The lowest BCUT2D eigenvalue weighted by molar-refractivity contribution is -0.130. The fraction of sp³-hybridized carbons (Fsp3) is 0.529. The number of nitrogens with two attached hydrogens (primary N) is 1. The highest BCUT2D eigenvalue weighted by molar-refractivity contribution is 5.92. The predicted octanol–water partition coefficient (Wildman–Crippen LogP) is 2.38. The fourth-order valence-corrected chi connectivity index (χ4v) is 2.62. The minimum atomic E-state index is 0.245. The number of aryl methyl sites for hydroxylation is 1. The summed E-state index contributed by atoms with van der Waals surface area (Å²) in [6.45, 7) is 4.16. The summed E-state index contributed by atoms with van der Waals surface area (Å²) in [5.74, 6) is 0.644. The number of nitrogens with one attached hydrogen (secondary N) is 1. The van der Waals surface area contributed by atoms with Crippen molar-refractivity contribution in [3.8, 4) is 0 Å². The van der Waals surface area contributed by atoms with Crippen molar-refractivity contribution in [2.45, 2.75) is 39.0 Å². The molecule has 2 rings (SSSR count). The van der Waals surface area contributed by atoms with Gasteiger partial charge in [0.2, 0.25) is 5.91 Å². The van der Waals surface area contributed by atoms with E-state index in [0.29, 0.717) is 25.5 Å². The molecule has 0 radical (unpaired) electrons. The molecule has 1 amide bonds. The zero-order valence-electron chi connectivity index (χ0n) is 13.3. The van der Waals surface area contributed by atoms with Gasteiger partial charge in [-0.15, -0.1) is 0 Å². The molecular weight excluding hydrogens is 276 g/mol. The molecule has 1 aromatic carbocycles. The van der Waals surface area contributed by atoms with Crippen LogP contribution in [0.15, 0.2) is 29.3 Å². The van der Waals surface area contributed by atoms with Crippen LogP contribution in [0, 0.1) is 0 Å². The topological polar surface area (TPSA) is 70.7 Å². The van der Waals surface area contributed by atoms with Gasteiger partial charge in [-0.1, -0.05) is 25.5 Å². The predicted molar refractivity (Wildman–Crippen MR) is 91.0 cm³/mol. The molecule has 1 heterocycles. The lowest BCUT2D eigenvalue weighted by Gasteiger charge is -2.19. The van der Waals surface area contributed by atoms with Crippen molar-refractivity contribution in [2.24, 2.45) is 10.7 Å². The van der Waals surface area contributed by atoms with E-state index in [1.54, 1.807) is 0 Å². The van der Waals surface area contributed by atoms with Gasteiger partial charge in [0.25, 0.3) is 0 Å². The second-order valence-electron chi connectivity index (χ2n) is 5.64. The molecule has 1 aliphatic heterocycles. The highest BCUT2D eigenvalue weighted by atomic mass is 16.2.